The molecule has 0 saturated carbocycles. The third kappa shape index (κ3) is 5.82. The van der Waals surface area contributed by atoms with Gasteiger partial charge in [-0.15, -0.1) is 0 Å². The number of amides is 1. The zero-order valence-corrected chi connectivity index (χ0v) is 23.7. The second-order valence-corrected chi connectivity index (χ2v) is 15.4. The SMILES string of the molecule is CN1CCN(c2c(CCCO[Si](c3ccccc3)(c3ccccc3)C(C)(C)C)cccc2C(N)=O)CC1. The zero-order chi connectivity index (χ0) is 26.5. The molecule has 6 heteroatoms. The van der Waals surface area contributed by atoms with Crippen molar-refractivity contribution < 1.29 is 9.22 Å². The first kappa shape index (κ1) is 27.1. The van der Waals surface area contributed by atoms with E-state index in [2.05, 4.69) is 104 Å². The van der Waals surface area contributed by atoms with Crippen LogP contribution in [-0.4, -0.2) is 59.0 Å². The summed E-state index contributed by atoms with van der Waals surface area (Å²) < 4.78 is 7.09. The van der Waals surface area contributed by atoms with Gasteiger partial charge in [0.1, 0.15) is 0 Å². The molecule has 1 amide bonds. The molecule has 1 fully saturated rings. The predicted molar refractivity (Wildman–Crippen MR) is 157 cm³/mol. The van der Waals surface area contributed by atoms with Crippen LogP contribution in [0.5, 0.6) is 0 Å². The highest BCUT2D eigenvalue weighted by Gasteiger charge is 2.49. The highest BCUT2D eigenvalue weighted by Crippen LogP contribution is 2.37. The van der Waals surface area contributed by atoms with Crippen molar-refractivity contribution in [1.82, 2.24) is 4.90 Å². The van der Waals surface area contributed by atoms with Crippen LogP contribution in [0.2, 0.25) is 5.04 Å². The molecule has 0 aliphatic carbocycles. The maximum atomic E-state index is 12.3. The number of nitrogens with zero attached hydrogens (tertiary/aromatic N) is 2. The quantitative estimate of drug-likeness (QED) is 0.345. The maximum absolute atomic E-state index is 12.3. The summed E-state index contributed by atoms with van der Waals surface area (Å²) in [6, 6.07) is 27.5. The number of primary amides is 1. The Morgan fingerprint density at radius 3 is 1.95 bits per heavy atom. The molecule has 4 rings (SSSR count). The van der Waals surface area contributed by atoms with Crippen molar-refractivity contribution in [1.29, 1.82) is 0 Å². The molecule has 1 aliphatic rings. The Labute approximate surface area is 223 Å². The van der Waals surface area contributed by atoms with E-state index < -0.39 is 8.32 Å². The number of benzene rings is 3. The van der Waals surface area contributed by atoms with Crippen LogP contribution in [0.3, 0.4) is 0 Å². The van der Waals surface area contributed by atoms with Crippen molar-refractivity contribution in [2.24, 2.45) is 5.73 Å². The Morgan fingerprint density at radius 2 is 1.43 bits per heavy atom. The number of hydrogen-bond donors (Lipinski definition) is 1. The lowest BCUT2D eigenvalue weighted by Crippen LogP contribution is -2.66. The first-order chi connectivity index (χ1) is 17.7. The Morgan fingerprint density at radius 1 is 0.865 bits per heavy atom. The lowest BCUT2D eigenvalue weighted by atomic mass is 10.0. The number of carbonyl (C=O) groups excluding carboxylic acids is 1. The summed E-state index contributed by atoms with van der Waals surface area (Å²) in [6.07, 6.45) is 1.70. The number of anilines is 1. The number of nitrogens with two attached hydrogens (primary N) is 1. The number of likely N-dealkylation sites (N-methyl/N-ethyl adjacent to an activating group) is 1. The summed E-state index contributed by atoms with van der Waals surface area (Å²) >= 11 is 0. The topological polar surface area (TPSA) is 58.8 Å². The van der Waals surface area contributed by atoms with Gasteiger partial charge in [0.05, 0.1) is 11.3 Å². The van der Waals surface area contributed by atoms with Crippen LogP contribution >= 0.6 is 0 Å². The number of carbonyl (C=O) groups is 1. The van der Waals surface area contributed by atoms with Crippen molar-refractivity contribution in [2.45, 2.75) is 38.7 Å². The fourth-order valence-electron chi connectivity index (χ4n) is 5.64. The molecule has 0 unspecified atom stereocenters. The van der Waals surface area contributed by atoms with Crippen LogP contribution < -0.4 is 21.0 Å². The van der Waals surface area contributed by atoms with Gasteiger partial charge in [0.15, 0.2) is 0 Å². The summed E-state index contributed by atoms with van der Waals surface area (Å²) in [6.45, 7) is 11.3. The van der Waals surface area contributed by atoms with E-state index in [1.54, 1.807) is 0 Å². The predicted octanol–water partition coefficient (Wildman–Crippen LogP) is 4.05. The van der Waals surface area contributed by atoms with Crippen molar-refractivity contribution >= 4 is 30.3 Å². The summed E-state index contributed by atoms with van der Waals surface area (Å²) in [7, 11) is -0.421. The summed E-state index contributed by atoms with van der Waals surface area (Å²) in [5.74, 6) is -0.362. The molecule has 1 saturated heterocycles. The molecule has 1 aliphatic heterocycles. The lowest BCUT2D eigenvalue weighted by molar-refractivity contribution is 0.100. The Balaban J connectivity index is 1.59. The van der Waals surface area contributed by atoms with Gasteiger partial charge in [-0.2, -0.15) is 0 Å². The summed E-state index contributed by atoms with van der Waals surface area (Å²) in [5.41, 5.74) is 8.61. The third-order valence-electron chi connectivity index (χ3n) is 7.53. The third-order valence-corrected chi connectivity index (χ3v) is 12.6. The van der Waals surface area contributed by atoms with E-state index in [9.17, 15) is 4.79 Å². The van der Waals surface area contributed by atoms with Crippen LogP contribution in [0.15, 0.2) is 78.9 Å². The van der Waals surface area contributed by atoms with Gasteiger partial charge in [-0.3, -0.25) is 4.79 Å². The van der Waals surface area contributed by atoms with Crippen molar-refractivity contribution in [3.8, 4) is 0 Å². The van der Waals surface area contributed by atoms with E-state index in [-0.39, 0.29) is 10.9 Å². The lowest BCUT2D eigenvalue weighted by Gasteiger charge is -2.43. The van der Waals surface area contributed by atoms with Gasteiger partial charge in [-0.05, 0) is 46.9 Å². The molecule has 196 valence electrons. The van der Waals surface area contributed by atoms with Crippen LogP contribution in [0.4, 0.5) is 5.69 Å². The minimum Gasteiger partial charge on any atom is -0.407 e. The molecule has 0 spiro atoms. The fourth-order valence-corrected chi connectivity index (χ4v) is 10.3. The van der Waals surface area contributed by atoms with Gasteiger partial charge in [-0.1, -0.05) is 93.6 Å². The van der Waals surface area contributed by atoms with Gasteiger partial charge in [0.25, 0.3) is 14.2 Å². The molecule has 1 heterocycles. The molecule has 3 aromatic rings. The van der Waals surface area contributed by atoms with E-state index in [1.807, 2.05) is 12.1 Å². The maximum Gasteiger partial charge on any atom is 0.261 e. The van der Waals surface area contributed by atoms with Crippen LogP contribution in [0, 0.1) is 0 Å². The van der Waals surface area contributed by atoms with E-state index in [0.717, 1.165) is 44.7 Å². The summed E-state index contributed by atoms with van der Waals surface area (Å²) in [5, 5.41) is 2.54. The minimum atomic E-state index is -2.56. The van der Waals surface area contributed by atoms with Gasteiger partial charge < -0.3 is 20.0 Å². The first-order valence-corrected chi connectivity index (χ1v) is 15.2. The average molecular weight is 516 g/mol. The average Bonchev–Trinajstić information content (AvgIpc) is 2.89. The van der Waals surface area contributed by atoms with E-state index >= 15 is 0 Å². The molecule has 0 radical (unpaired) electrons. The normalized spacial score (nSPS) is 15.1. The number of rotatable bonds is 9. The Kier molecular flexibility index (Phi) is 8.52. The molecule has 0 bridgehead atoms. The fraction of sp³-hybridized carbons (Fsp3) is 0.387. The highest BCUT2D eigenvalue weighted by atomic mass is 28.4. The van der Waals surface area contributed by atoms with Crippen LogP contribution in [0.25, 0.3) is 0 Å². The van der Waals surface area contributed by atoms with Crippen molar-refractivity contribution in [3.63, 3.8) is 0 Å². The number of para-hydroxylation sites is 1. The highest BCUT2D eigenvalue weighted by molar-refractivity contribution is 6.99. The first-order valence-electron chi connectivity index (χ1n) is 13.3. The molecule has 0 atom stereocenters. The van der Waals surface area contributed by atoms with E-state index in [0.29, 0.717) is 12.2 Å². The number of hydrogen-bond acceptors (Lipinski definition) is 4. The zero-order valence-electron chi connectivity index (χ0n) is 22.7. The van der Waals surface area contributed by atoms with Gasteiger partial charge in [0.2, 0.25) is 0 Å². The Bertz CT molecular complexity index is 1130. The molecule has 5 nitrogen and oxygen atoms in total. The molecule has 3 aromatic carbocycles. The van der Waals surface area contributed by atoms with Gasteiger partial charge in [0, 0.05) is 32.8 Å². The standard InChI is InChI=1S/C31H41N3O2Si/c1-31(2,3)37(26-15-7-5-8-16-26,27-17-9-6-10-18-27)36-24-12-14-25-13-11-19-28(30(32)35)29(25)34-22-20-33(4)21-23-34/h5-11,13,15-19H,12,14,20-24H2,1-4H3,(H2,32,35). The number of piperazine rings is 1. The van der Waals surface area contributed by atoms with E-state index in [1.165, 1.54) is 15.9 Å². The van der Waals surface area contributed by atoms with Crippen LogP contribution in [0.1, 0.15) is 43.1 Å². The molecular formula is C31H41N3O2Si. The molecule has 2 N–H and O–H groups in total. The van der Waals surface area contributed by atoms with Gasteiger partial charge >= 0.3 is 0 Å². The summed E-state index contributed by atoms with van der Waals surface area (Å²) in [4.78, 5) is 17.0. The minimum absolute atomic E-state index is 0.0490. The van der Waals surface area contributed by atoms with E-state index in [4.69, 9.17) is 10.2 Å². The van der Waals surface area contributed by atoms with Crippen molar-refractivity contribution in [2.75, 3.05) is 44.7 Å². The Hall–Kier alpha value is -2.93. The monoisotopic (exact) mass is 515 g/mol. The van der Waals surface area contributed by atoms with Gasteiger partial charge in [-0.25, -0.2) is 0 Å². The van der Waals surface area contributed by atoms with Crippen molar-refractivity contribution in [3.05, 3.63) is 90.0 Å². The second-order valence-electron chi connectivity index (χ2n) is 11.1. The number of aryl methyl sites for hydroxylation is 1. The molecule has 37 heavy (non-hydrogen) atoms. The smallest absolute Gasteiger partial charge is 0.261 e. The molecular weight excluding hydrogens is 474 g/mol. The molecule has 0 aromatic heterocycles. The van der Waals surface area contributed by atoms with Crippen LogP contribution in [-0.2, 0) is 10.8 Å². The second kappa shape index (κ2) is 11.6. The largest absolute Gasteiger partial charge is 0.407 e.